The van der Waals surface area contributed by atoms with Crippen LogP contribution in [0.5, 0.6) is 0 Å². The minimum absolute atomic E-state index is 0.0178. The lowest BCUT2D eigenvalue weighted by atomic mass is 10.0. The number of aryl methyl sites for hydroxylation is 1. The fraction of sp³-hybridized carbons (Fsp3) is 0.435. The molecule has 0 radical (unpaired) electrons. The molecule has 2 fully saturated rings. The molecule has 0 aliphatic carbocycles. The zero-order valence-electron chi connectivity index (χ0n) is 18.0. The fourth-order valence-corrected chi connectivity index (χ4v) is 4.24. The number of nitrogens with one attached hydrogen (secondary N) is 1. The summed E-state index contributed by atoms with van der Waals surface area (Å²) >= 11 is 0. The molecule has 32 heavy (non-hydrogen) atoms. The molecule has 2 aliphatic heterocycles. The Bertz CT molecular complexity index is 1040. The molecule has 2 aliphatic rings. The second-order valence-corrected chi connectivity index (χ2v) is 8.18. The number of halogens is 1. The third-order valence-electron chi connectivity index (χ3n) is 5.98. The summed E-state index contributed by atoms with van der Waals surface area (Å²) < 4.78 is 13.9. The van der Waals surface area contributed by atoms with Crippen LogP contribution >= 0.6 is 0 Å². The number of carbonyl (C=O) groups is 3. The predicted octanol–water partition coefficient (Wildman–Crippen LogP) is 2.85. The largest absolute Gasteiger partial charge is 0.333 e. The number of hydrogen-bond acceptors (Lipinski definition) is 5. The van der Waals surface area contributed by atoms with Gasteiger partial charge in [0, 0.05) is 25.7 Å². The van der Waals surface area contributed by atoms with E-state index < -0.39 is 11.7 Å². The van der Waals surface area contributed by atoms with E-state index >= 15 is 0 Å². The molecule has 4 rings (SSSR count). The van der Waals surface area contributed by atoms with Crippen molar-refractivity contribution >= 4 is 23.4 Å². The number of likely N-dealkylation sites (tertiary alicyclic amines) is 2. The molecule has 0 saturated carbocycles. The second kappa shape index (κ2) is 9.42. The van der Waals surface area contributed by atoms with Crippen LogP contribution in [0.4, 0.5) is 10.1 Å². The summed E-state index contributed by atoms with van der Waals surface area (Å²) in [7, 11) is 0. The van der Waals surface area contributed by atoms with Gasteiger partial charge in [-0.1, -0.05) is 12.1 Å². The third kappa shape index (κ3) is 4.61. The zero-order valence-corrected chi connectivity index (χ0v) is 18.0. The lowest BCUT2D eigenvalue weighted by Gasteiger charge is -2.35. The summed E-state index contributed by atoms with van der Waals surface area (Å²) in [5, 5.41) is 2.54. The monoisotopic (exact) mass is 439 g/mol. The van der Waals surface area contributed by atoms with Gasteiger partial charge in [0.25, 0.3) is 5.91 Å². The number of rotatable bonds is 5. The molecule has 3 heterocycles. The Kier molecular flexibility index (Phi) is 6.43. The Morgan fingerprint density at radius 3 is 2.72 bits per heavy atom. The molecule has 3 amide bonds. The van der Waals surface area contributed by atoms with Gasteiger partial charge in [-0.3, -0.25) is 14.4 Å². The van der Waals surface area contributed by atoms with Gasteiger partial charge in [0.1, 0.15) is 5.82 Å². The van der Waals surface area contributed by atoms with Crippen LogP contribution in [0.1, 0.15) is 60.0 Å². The normalized spacial score (nSPS) is 18.7. The van der Waals surface area contributed by atoms with Gasteiger partial charge in [-0.2, -0.15) is 0 Å². The number of carbonyl (C=O) groups excluding carboxylic acids is 3. The van der Waals surface area contributed by atoms with Crippen LogP contribution < -0.4 is 5.32 Å². The van der Waals surface area contributed by atoms with Crippen molar-refractivity contribution in [3.05, 3.63) is 53.4 Å². The van der Waals surface area contributed by atoms with Gasteiger partial charge in [0.05, 0.1) is 29.5 Å². The van der Waals surface area contributed by atoms with E-state index in [4.69, 9.17) is 0 Å². The fourth-order valence-electron chi connectivity index (χ4n) is 4.24. The van der Waals surface area contributed by atoms with E-state index in [-0.39, 0.29) is 35.7 Å². The summed E-state index contributed by atoms with van der Waals surface area (Å²) in [6.07, 6.45) is 5.26. The number of aromatic nitrogens is 2. The number of hydrogen-bond donors (Lipinski definition) is 1. The molecule has 0 unspecified atom stereocenters. The number of para-hydroxylation sites is 1. The maximum atomic E-state index is 13.9. The first-order valence-corrected chi connectivity index (χ1v) is 10.9. The van der Waals surface area contributed by atoms with Crippen LogP contribution in [-0.2, 0) is 9.59 Å². The van der Waals surface area contributed by atoms with Crippen LogP contribution in [-0.4, -0.2) is 57.1 Å². The summed E-state index contributed by atoms with van der Waals surface area (Å²) in [4.78, 5) is 49.7. The van der Waals surface area contributed by atoms with E-state index in [9.17, 15) is 18.8 Å². The molecule has 1 aromatic heterocycles. The quantitative estimate of drug-likeness (QED) is 0.773. The highest BCUT2D eigenvalue weighted by Gasteiger charge is 2.33. The first-order valence-electron chi connectivity index (χ1n) is 10.9. The Labute approximate surface area is 185 Å². The number of amides is 3. The van der Waals surface area contributed by atoms with Crippen molar-refractivity contribution in [3.8, 4) is 0 Å². The third-order valence-corrected chi connectivity index (χ3v) is 5.98. The standard InChI is InChI=1S/C23H26FN5O3/c1-15-16(23(32)27-18-8-3-2-7-17(18)24)13-25-22(26-15)19-9-4-5-12-29(19)21(31)14-28-11-6-10-20(28)30/h2-3,7-8,13,19H,4-6,9-12,14H2,1H3,(H,27,32)/t19-/m0/s1. The maximum absolute atomic E-state index is 13.9. The Hall–Kier alpha value is -3.36. The Morgan fingerprint density at radius 1 is 1.19 bits per heavy atom. The maximum Gasteiger partial charge on any atom is 0.259 e. The van der Waals surface area contributed by atoms with Crippen molar-refractivity contribution in [1.82, 2.24) is 19.8 Å². The van der Waals surface area contributed by atoms with E-state index in [1.807, 2.05) is 0 Å². The predicted molar refractivity (Wildman–Crippen MR) is 115 cm³/mol. The minimum atomic E-state index is -0.524. The molecule has 1 atom stereocenters. The van der Waals surface area contributed by atoms with Gasteiger partial charge in [0.15, 0.2) is 5.82 Å². The summed E-state index contributed by atoms with van der Waals surface area (Å²) in [6.45, 7) is 2.98. The molecule has 168 valence electrons. The van der Waals surface area contributed by atoms with Gasteiger partial charge in [-0.05, 0) is 44.7 Å². The lowest BCUT2D eigenvalue weighted by molar-refractivity contribution is -0.141. The number of piperidine rings is 1. The molecule has 8 nitrogen and oxygen atoms in total. The van der Waals surface area contributed by atoms with E-state index in [1.54, 1.807) is 28.9 Å². The van der Waals surface area contributed by atoms with Crippen molar-refractivity contribution in [3.63, 3.8) is 0 Å². The van der Waals surface area contributed by atoms with Gasteiger partial charge in [-0.15, -0.1) is 0 Å². The lowest BCUT2D eigenvalue weighted by Crippen LogP contribution is -2.45. The van der Waals surface area contributed by atoms with Gasteiger partial charge < -0.3 is 15.1 Å². The van der Waals surface area contributed by atoms with Gasteiger partial charge in [0.2, 0.25) is 11.8 Å². The molecule has 1 N–H and O–H groups in total. The summed E-state index contributed by atoms with van der Waals surface area (Å²) in [6, 6.07) is 5.64. The smallest absolute Gasteiger partial charge is 0.259 e. The van der Waals surface area contributed by atoms with Crippen LogP contribution in [0.3, 0.4) is 0 Å². The molecule has 0 spiro atoms. The number of anilines is 1. The van der Waals surface area contributed by atoms with E-state index in [0.29, 0.717) is 31.0 Å². The van der Waals surface area contributed by atoms with Crippen molar-refractivity contribution in [2.45, 2.75) is 45.1 Å². The first kappa shape index (κ1) is 21.9. The topological polar surface area (TPSA) is 95.5 Å². The average Bonchev–Trinajstić information content (AvgIpc) is 3.19. The highest BCUT2D eigenvalue weighted by Crippen LogP contribution is 2.30. The van der Waals surface area contributed by atoms with Gasteiger partial charge >= 0.3 is 0 Å². The molecule has 9 heteroatoms. The molecule has 2 aromatic rings. The second-order valence-electron chi connectivity index (χ2n) is 8.18. The molecule has 0 bridgehead atoms. The van der Waals surface area contributed by atoms with Crippen LogP contribution in [0, 0.1) is 12.7 Å². The van der Waals surface area contributed by atoms with Crippen molar-refractivity contribution in [1.29, 1.82) is 0 Å². The van der Waals surface area contributed by atoms with E-state index in [2.05, 4.69) is 15.3 Å². The van der Waals surface area contributed by atoms with Crippen LogP contribution in [0.25, 0.3) is 0 Å². The van der Waals surface area contributed by atoms with Crippen LogP contribution in [0.15, 0.2) is 30.5 Å². The van der Waals surface area contributed by atoms with Crippen molar-refractivity contribution in [2.24, 2.45) is 0 Å². The summed E-state index contributed by atoms with van der Waals surface area (Å²) in [5.74, 6) is -0.630. The minimum Gasteiger partial charge on any atom is -0.333 e. The molecule has 2 saturated heterocycles. The first-order chi connectivity index (χ1) is 15.4. The van der Waals surface area contributed by atoms with E-state index in [1.165, 1.54) is 18.3 Å². The number of benzene rings is 1. The van der Waals surface area contributed by atoms with Crippen molar-refractivity contribution < 1.29 is 18.8 Å². The summed E-state index contributed by atoms with van der Waals surface area (Å²) in [5.41, 5.74) is 0.784. The Morgan fingerprint density at radius 2 is 2.00 bits per heavy atom. The molecule has 1 aromatic carbocycles. The van der Waals surface area contributed by atoms with Gasteiger partial charge in [-0.25, -0.2) is 14.4 Å². The number of nitrogens with zero attached hydrogens (tertiary/aromatic N) is 4. The molecular weight excluding hydrogens is 413 g/mol. The SMILES string of the molecule is Cc1nc([C@@H]2CCCCN2C(=O)CN2CCCC2=O)ncc1C(=O)Nc1ccccc1F. The zero-order chi connectivity index (χ0) is 22.7. The molecular formula is C23H26FN5O3. The van der Waals surface area contributed by atoms with Crippen LogP contribution in [0.2, 0.25) is 0 Å². The van der Waals surface area contributed by atoms with Crippen molar-refractivity contribution in [2.75, 3.05) is 25.0 Å². The Balaban J connectivity index is 1.50. The highest BCUT2D eigenvalue weighted by atomic mass is 19.1. The van der Waals surface area contributed by atoms with E-state index in [0.717, 1.165) is 25.7 Å². The average molecular weight is 439 g/mol. The highest BCUT2D eigenvalue weighted by molar-refractivity contribution is 6.04.